The van der Waals surface area contributed by atoms with E-state index in [0.29, 0.717) is 12.2 Å². The number of benzene rings is 1. The number of aryl methyl sites for hydroxylation is 2. The van der Waals surface area contributed by atoms with Crippen LogP contribution in [-0.2, 0) is 11.2 Å². The third kappa shape index (κ3) is 3.93. The van der Waals surface area contributed by atoms with Gasteiger partial charge in [0.1, 0.15) is 5.82 Å². The molecule has 5 heteroatoms. The molecule has 1 saturated heterocycles. The lowest BCUT2D eigenvalue weighted by molar-refractivity contribution is 0.0630. The maximum absolute atomic E-state index is 13.0. The van der Waals surface area contributed by atoms with Crippen molar-refractivity contribution in [2.45, 2.75) is 45.6 Å². The Morgan fingerprint density at radius 1 is 1.38 bits per heavy atom. The van der Waals surface area contributed by atoms with E-state index >= 15 is 0 Å². The summed E-state index contributed by atoms with van der Waals surface area (Å²) in [6.07, 6.45) is 5.90. The van der Waals surface area contributed by atoms with Crippen molar-refractivity contribution < 1.29 is 9.53 Å². The molecule has 2 heterocycles. The van der Waals surface area contributed by atoms with Gasteiger partial charge in [-0.3, -0.25) is 4.79 Å². The Morgan fingerprint density at radius 2 is 2.23 bits per heavy atom. The highest BCUT2D eigenvalue weighted by molar-refractivity contribution is 5.95. The monoisotopic (exact) mass is 353 g/mol. The number of nitrogens with zero attached hydrogens (tertiary/aromatic N) is 3. The quantitative estimate of drug-likeness (QED) is 0.795. The summed E-state index contributed by atoms with van der Waals surface area (Å²) in [4.78, 5) is 24.0. The van der Waals surface area contributed by atoms with Gasteiger partial charge in [0.25, 0.3) is 5.91 Å². The molecule has 0 spiro atoms. The number of hydrogen-bond donors (Lipinski definition) is 0. The summed E-state index contributed by atoms with van der Waals surface area (Å²) in [5.41, 5.74) is 3.75. The first kappa shape index (κ1) is 18.5. The Labute approximate surface area is 155 Å². The number of hydrogen-bond acceptors (Lipinski definition) is 4. The predicted molar refractivity (Wildman–Crippen MR) is 102 cm³/mol. The van der Waals surface area contributed by atoms with Crippen LogP contribution in [-0.4, -0.2) is 47.1 Å². The van der Waals surface area contributed by atoms with Crippen molar-refractivity contribution in [1.82, 2.24) is 14.9 Å². The number of likely N-dealkylation sites (tertiary alicyclic amines) is 1. The summed E-state index contributed by atoms with van der Waals surface area (Å²) in [6.45, 7) is 5.43. The molecule has 1 amide bonds. The van der Waals surface area contributed by atoms with E-state index in [2.05, 4.69) is 16.9 Å². The number of carbonyl (C=O) groups is 1. The Bertz CT molecular complexity index is 776. The minimum atomic E-state index is 0.0780. The number of rotatable bonds is 6. The Kier molecular flexibility index (Phi) is 5.99. The van der Waals surface area contributed by atoms with Gasteiger partial charge in [-0.05, 0) is 43.9 Å². The lowest BCUT2D eigenvalue weighted by Crippen LogP contribution is -2.38. The molecule has 5 nitrogen and oxygen atoms in total. The highest BCUT2D eigenvalue weighted by Gasteiger charge is 2.29. The topological polar surface area (TPSA) is 55.3 Å². The van der Waals surface area contributed by atoms with Gasteiger partial charge in [0.2, 0.25) is 0 Å². The van der Waals surface area contributed by atoms with Crippen LogP contribution in [0.3, 0.4) is 0 Å². The lowest BCUT2D eigenvalue weighted by Gasteiger charge is -2.24. The van der Waals surface area contributed by atoms with Gasteiger partial charge >= 0.3 is 0 Å². The molecule has 1 aliphatic rings. The van der Waals surface area contributed by atoms with Gasteiger partial charge in [0, 0.05) is 31.0 Å². The minimum absolute atomic E-state index is 0.0780. The lowest BCUT2D eigenvalue weighted by atomic mass is 10.0. The molecule has 0 saturated carbocycles. The van der Waals surface area contributed by atoms with Gasteiger partial charge in [-0.15, -0.1) is 0 Å². The SMILES string of the molecule is CCCc1cnc(C)nc1-c1cccc(C(=O)N2CCCC2COC)c1. The molecular weight excluding hydrogens is 326 g/mol. The zero-order chi connectivity index (χ0) is 18.5. The average Bonchev–Trinajstić information content (AvgIpc) is 3.11. The zero-order valence-corrected chi connectivity index (χ0v) is 15.9. The van der Waals surface area contributed by atoms with Crippen LogP contribution in [0, 0.1) is 6.92 Å². The molecule has 1 fully saturated rings. The van der Waals surface area contributed by atoms with Crippen molar-refractivity contribution in [3.8, 4) is 11.3 Å². The number of carbonyl (C=O) groups excluding carboxylic acids is 1. The second-order valence-corrected chi connectivity index (χ2v) is 6.87. The summed E-state index contributed by atoms with van der Waals surface area (Å²) in [7, 11) is 1.69. The molecule has 3 rings (SSSR count). The second-order valence-electron chi connectivity index (χ2n) is 6.87. The fraction of sp³-hybridized carbons (Fsp3) is 0.476. The van der Waals surface area contributed by atoms with E-state index in [4.69, 9.17) is 4.74 Å². The van der Waals surface area contributed by atoms with E-state index in [1.54, 1.807) is 7.11 Å². The summed E-state index contributed by atoms with van der Waals surface area (Å²) in [6, 6.07) is 7.99. The van der Waals surface area contributed by atoms with Crippen LogP contribution in [0.25, 0.3) is 11.3 Å². The van der Waals surface area contributed by atoms with Crippen LogP contribution >= 0.6 is 0 Å². The van der Waals surface area contributed by atoms with Crippen LogP contribution in [0.1, 0.15) is 47.9 Å². The van der Waals surface area contributed by atoms with Gasteiger partial charge in [-0.25, -0.2) is 9.97 Å². The Balaban J connectivity index is 1.92. The molecule has 1 aromatic heterocycles. The molecule has 0 radical (unpaired) electrons. The van der Waals surface area contributed by atoms with Crippen LogP contribution in [0.4, 0.5) is 0 Å². The van der Waals surface area contributed by atoms with Gasteiger partial charge in [0.05, 0.1) is 18.3 Å². The molecular formula is C21H27N3O2. The van der Waals surface area contributed by atoms with Gasteiger partial charge in [0.15, 0.2) is 0 Å². The van der Waals surface area contributed by atoms with E-state index < -0.39 is 0 Å². The van der Waals surface area contributed by atoms with Gasteiger partial charge in [-0.2, -0.15) is 0 Å². The van der Waals surface area contributed by atoms with Crippen LogP contribution in [0.2, 0.25) is 0 Å². The first-order chi connectivity index (χ1) is 12.6. The number of ether oxygens (including phenoxy) is 1. The van der Waals surface area contributed by atoms with Crippen molar-refractivity contribution >= 4 is 5.91 Å². The summed E-state index contributed by atoms with van der Waals surface area (Å²) < 4.78 is 5.28. The van der Waals surface area contributed by atoms with Gasteiger partial charge < -0.3 is 9.64 Å². The summed E-state index contributed by atoms with van der Waals surface area (Å²) in [5, 5.41) is 0. The first-order valence-corrected chi connectivity index (χ1v) is 9.37. The molecule has 1 atom stereocenters. The first-order valence-electron chi connectivity index (χ1n) is 9.37. The Hall–Kier alpha value is -2.27. The number of methoxy groups -OCH3 is 1. The van der Waals surface area contributed by atoms with Crippen LogP contribution in [0.5, 0.6) is 0 Å². The molecule has 26 heavy (non-hydrogen) atoms. The van der Waals surface area contributed by atoms with Crippen molar-refractivity contribution in [3.63, 3.8) is 0 Å². The molecule has 1 aliphatic heterocycles. The average molecular weight is 353 g/mol. The van der Waals surface area contributed by atoms with E-state index in [-0.39, 0.29) is 11.9 Å². The Morgan fingerprint density at radius 3 is 3.00 bits per heavy atom. The minimum Gasteiger partial charge on any atom is -0.383 e. The summed E-state index contributed by atoms with van der Waals surface area (Å²) >= 11 is 0. The largest absolute Gasteiger partial charge is 0.383 e. The van der Waals surface area contributed by atoms with Crippen LogP contribution in [0.15, 0.2) is 30.5 Å². The molecule has 0 N–H and O–H groups in total. The fourth-order valence-electron chi connectivity index (χ4n) is 3.63. The standard InChI is InChI=1S/C21H27N3O2/c1-4-7-18-13-22-15(2)23-20(18)16-8-5-9-17(12-16)21(25)24-11-6-10-19(24)14-26-3/h5,8-9,12-13,19H,4,6-7,10-11,14H2,1-3H3. The molecule has 1 unspecified atom stereocenters. The summed E-state index contributed by atoms with van der Waals surface area (Å²) in [5.74, 6) is 0.825. The molecule has 2 aromatic rings. The molecule has 0 aliphatic carbocycles. The van der Waals surface area contributed by atoms with E-state index in [1.807, 2.05) is 42.3 Å². The fourth-order valence-corrected chi connectivity index (χ4v) is 3.63. The zero-order valence-electron chi connectivity index (χ0n) is 15.9. The van der Waals surface area contributed by atoms with Crippen LogP contribution < -0.4 is 0 Å². The maximum Gasteiger partial charge on any atom is 0.254 e. The highest BCUT2D eigenvalue weighted by Crippen LogP contribution is 2.26. The normalized spacial score (nSPS) is 16.9. The predicted octanol–water partition coefficient (Wildman–Crippen LogP) is 3.66. The van der Waals surface area contributed by atoms with Crippen molar-refractivity contribution in [3.05, 3.63) is 47.4 Å². The van der Waals surface area contributed by atoms with Crippen molar-refractivity contribution in [2.75, 3.05) is 20.3 Å². The smallest absolute Gasteiger partial charge is 0.254 e. The highest BCUT2D eigenvalue weighted by atomic mass is 16.5. The molecule has 138 valence electrons. The van der Waals surface area contributed by atoms with E-state index in [9.17, 15) is 4.79 Å². The van der Waals surface area contributed by atoms with Crippen molar-refractivity contribution in [1.29, 1.82) is 0 Å². The third-order valence-corrected chi connectivity index (χ3v) is 4.88. The maximum atomic E-state index is 13.0. The molecule has 0 bridgehead atoms. The van der Waals surface area contributed by atoms with E-state index in [1.165, 1.54) is 0 Å². The van der Waals surface area contributed by atoms with E-state index in [0.717, 1.165) is 54.9 Å². The number of aromatic nitrogens is 2. The van der Waals surface area contributed by atoms with Gasteiger partial charge in [-0.1, -0.05) is 25.5 Å². The third-order valence-electron chi connectivity index (χ3n) is 4.88. The van der Waals surface area contributed by atoms with Crippen molar-refractivity contribution in [2.24, 2.45) is 0 Å². The number of amides is 1. The molecule has 1 aromatic carbocycles. The second kappa shape index (κ2) is 8.41.